The van der Waals surface area contributed by atoms with Crippen molar-refractivity contribution in [3.8, 4) is 0 Å². The van der Waals surface area contributed by atoms with E-state index in [1.54, 1.807) is 0 Å². The maximum absolute atomic E-state index is 12.1. The van der Waals surface area contributed by atoms with Crippen LogP contribution in [0.3, 0.4) is 0 Å². The van der Waals surface area contributed by atoms with Gasteiger partial charge in [-0.1, -0.05) is 0 Å². The number of rotatable bonds is 4. The van der Waals surface area contributed by atoms with Crippen molar-refractivity contribution in [3.05, 3.63) is 0 Å². The van der Waals surface area contributed by atoms with E-state index >= 15 is 0 Å². The summed E-state index contributed by atoms with van der Waals surface area (Å²) in [5.74, 6) is 0.158. The van der Waals surface area contributed by atoms with E-state index in [9.17, 15) is 4.79 Å². The predicted molar refractivity (Wildman–Crippen MR) is 88.9 cm³/mol. The Bertz CT molecular complexity index is 440. The first-order valence-corrected chi connectivity index (χ1v) is 9.59. The van der Waals surface area contributed by atoms with Crippen LogP contribution in [0.25, 0.3) is 0 Å². The van der Waals surface area contributed by atoms with Crippen molar-refractivity contribution in [2.24, 2.45) is 0 Å². The molecule has 6 nitrogen and oxygen atoms in total. The molecule has 6 heteroatoms. The molecule has 4 heterocycles. The van der Waals surface area contributed by atoms with E-state index in [-0.39, 0.29) is 24.2 Å². The lowest BCUT2D eigenvalue weighted by Gasteiger charge is -2.56. The summed E-state index contributed by atoms with van der Waals surface area (Å²) in [5.41, 5.74) is -0.0298. The van der Waals surface area contributed by atoms with E-state index in [0.29, 0.717) is 6.04 Å². The number of hydrogen-bond acceptors (Lipinski definition) is 5. The zero-order valence-corrected chi connectivity index (χ0v) is 14.6. The predicted octanol–water partition coefficient (Wildman–Crippen LogP) is 1.04. The first kappa shape index (κ1) is 16.8. The van der Waals surface area contributed by atoms with Crippen LogP contribution in [0, 0.1) is 0 Å². The van der Waals surface area contributed by atoms with Crippen LogP contribution in [0.2, 0.25) is 0 Å². The van der Waals surface area contributed by atoms with Crippen molar-refractivity contribution < 1.29 is 19.0 Å². The third-order valence-corrected chi connectivity index (χ3v) is 6.04. The molecule has 1 unspecified atom stereocenters. The molecule has 4 aliphatic heterocycles. The summed E-state index contributed by atoms with van der Waals surface area (Å²) in [5, 5.41) is 0. The average molecular weight is 338 g/mol. The average Bonchev–Trinajstić information content (AvgIpc) is 3.13. The van der Waals surface area contributed by atoms with Crippen LogP contribution in [0.5, 0.6) is 0 Å². The van der Waals surface area contributed by atoms with Gasteiger partial charge in [-0.15, -0.1) is 0 Å². The van der Waals surface area contributed by atoms with E-state index in [4.69, 9.17) is 14.2 Å². The minimum Gasteiger partial charge on any atom is -0.381 e. The third kappa shape index (κ3) is 3.62. The minimum atomic E-state index is -0.0298. The second-order valence-electron chi connectivity index (χ2n) is 7.79. The Morgan fingerprint density at radius 1 is 1.08 bits per heavy atom. The number of carbonyl (C=O) groups is 1. The Hall–Kier alpha value is -0.690. The van der Waals surface area contributed by atoms with Gasteiger partial charge in [0.2, 0.25) is 5.91 Å². The van der Waals surface area contributed by atoms with Gasteiger partial charge in [0.25, 0.3) is 0 Å². The van der Waals surface area contributed by atoms with Crippen LogP contribution in [0.4, 0.5) is 0 Å². The topological polar surface area (TPSA) is 51.2 Å². The summed E-state index contributed by atoms with van der Waals surface area (Å²) in [6.45, 7) is 6.60. The quantitative estimate of drug-likeness (QED) is 0.767. The monoisotopic (exact) mass is 338 g/mol. The fourth-order valence-corrected chi connectivity index (χ4v) is 4.59. The molecule has 0 saturated carbocycles. The Morgan fingerprint density at radius 3 is 2.58 bits per heavy atom. The summed E-state index contributed by atoms with van der Waals surface area (Å²) in [4.78, 5) is 16.6. The first-order valence-electron chi connectivity index (χ1n) is 9.59. The summed E-state index contributed by atoms with van der Waals surface area (Å²) in [7, 11) is 0. The smallest absolute Gasteiger partial charge is 0.248 e. The van der Waals surface area contributed by atoms with Crippen LogP contribution in [0.15, 0.2) is 0 Å². The standard InChI is InChI=1S/C18H30N2O4/c21-17(19-6-1-2-7-19)12-23-16-5-10-24-18(11-16)13-20(14-18)15-3-8-22-9-4-15/h15-16H,1-14H2. The van der Waals surface area contributed by atoms with Gasteiger partial charge in [0, 0.05) is 58.5 Å². The van der Waals surface area contributed by atoms with Gasteiger partial charge in [0.05, 0.1) is 11.7 Å². The van der Waals surface area contributed by atoms with Crippen molar-refractivity contribution in [3.63, 3.8) is 0 Å². The zero-order chi connectivity index (χ0) is 16.4. The van der Waals surface area contributed by atoms with Crippen molar-refractivity contribution in [1.29, 1.82) is 0 Å². The van der Waals surface area contributed by atoms with Gasteiger partial charge in [0.1, 0.15) is 6.61 Å². The van der Waals surface area contributed by atoms with Crippen molar-refractivity contribution in [1.82, 2.24) is 9.80 Å². The molecule has 0 aromatic carbocycles. The Morgan fingerprint density at radius 2 is 1.83 bits per heavy atom. The maximum Gasteiger partial charge on any atom is 0.248 e. The molecule has 1 atom stereocenters. The van der Waals surface area contributed by atoms with Crippen LogP contribution in [-0.2, 0) is 19.0 Å². The van der Waals surface area contributed by atoms with Crippen LogP contribution < -0.4 is 0 Å². The van der Waals surface area contributed by atoms with Crippen LogP contribution >= 0.6 is 0 Å². The lowest BCUT2D eigenvalue weighted by Crippen LogP contribution is -2.68. The van der Waals surface area contributed by atoms with Gasteiger partial charge >= 0.3 is 0 Å². The second-order valence-corrected chi connectivity index (χ2v) is 7.79. The molecule has 136 valence electrons. The van der Waals surface area contributed by atoms with Crippen molar-refractivity contribution in [2.75, 3.05) is 52.6 Å². The number of likely N-dealkylation sites (tertiary alicyclic amines) is 2. The second kappa shape index (κ2) is 7.28. The maximum atomic E-state index is 12.1. The molecule has 1 spiro atoms. The van der Waals surface area contributed by atoms with Crippen molar-refractivity contribution >= 4 is 5.91 Å². The molecule has 0 aliphatic carbocycles. The number of carbonyl (C=O) groups excluding carboxylic acids is 1. The molecule has 0 aromatic heterocycles. The van der Waals surface area contributed by atoms with Gasteiger partial charge in [0.15, 0.2) is 0 Å². The van der Waals surface area contributed by atoms with Crippen molar-refractivity contribution in [2.45, 2.75) is 56.3 Å². The molecular weight excluding hydrogens is 308 g/mol. The molecule has 4 fully saturated rings. The SMILES string of the molecule is O=C(COC1CCOC2(C1)CN(C1CCOCC1)C2)N1CCCC1. The normalized spacial score (nSPS) is 31.3. The molecule has 4 saturated heterocycles. The van der Waals surface area contributed by atoms with E-state index in [0.717, 1.165) is 84.5 Å². The van der Waals surface area contributed by atoms with Gasteiger partial charge in [-0.2, -0.15) is 0 Å². The van der Waals surface area contributed by atoms with Gasteiger partial charge in [-0.3, -0.25) is 9.69 Å². The van der Waals surface area contributed by atoms with Gasteiger partial charge < -0.3 is 19.1 Å². The summed E-state index contributed by atoms with van der Waals surface area (Å²) in [6, 6.07) is 0.658. The Balaban J connectivity index is 1.22. The molecule has 0 aromatic rings. The van der Waals surface area contributed by atoms with Gasteiger partial charge in [-0.05, 0) is 32.1 Å². The van der Waals surface area contributed by atoms with E-state index in [2.05, 4.69) is 4.90 Å². The Kier molecular flexibility index (Phi) is 5.08. The molecule has 4 aliphatic rings. The molecule has 0 N–H and O–H groups in total. The fraction of sp³-hybridized carbons (Fsp3) is 0.944. The molecule has 24 heavy (non-hydrogen) atoms. The number of amides is 1. The first-order chi connectivity index (χ1) is 11.7. The third-order valence-electron chi connectivity index (χ3n) is 6.04. The number of nitrogens with zero attached hydrogens (tertiary/aromatic N) is 2. The highest BCUT2D eigenvalue weighted by atomic mass is 16.5. The molecule has 1 amide bonds. The van der Waals surface area contributed by atoms with E-state index < -0.39 is 0 Å². The lowest BCUT2D eigenvalue weighted by molar-refractivity contribution is -0.210. The van der Waals surface area contributed by atoms with Gasteiger partial charge in [-0.25, -0.2) is 0 Å². The molecule has 4 rings (SSSR count). The summed E-state index contributed by atoms with van der Waals surface area (Å²) >= 11 is 0. The van der Waals surface area contributed by atoms with Crippen LogP contribution in [0.1, 0.15) is 38.5 Å². The highest BCUT2D eigenvalue weighted by molar-refractivity contribution is 5.77. The molecular formula is C18H30N2O4. The zero-order valence-electron chi connectivity index (χ0n) is 14.6. The van der Waals surface area contributed by atoms with E-state index in [1.165, 1.54) is 0 Å². The van der Waals surface area contributed by atoms with Crippen LogP contribution in [-0.4, -0.2) is 86.1 Å². The summed E-state index contributed by atoms with van der Waals surface area (Å²) in [6.07, 6.45) is 6.55. The minimum absolute atomic E-state index is 0.0298. The lowest BCUT2D eigenvalue weighted by atomic mass is 9.82. The molecule has 0 radical (unpaired) electrons. The Labute approximate surface area is 144 Å². The van der Waals surface area contributed by atoms with E-state index in [1.807, 2.05) is 4.90 Å². The highest BCUT2D eigenvalue weighted by Gasteiger charge is 2.49. The highest BCUT2D eigenvalue weighted by Crippen LogP contribution is 2.37. The molecule has 0 bridgehead atoms. The largest absolute Gasteiger partial charge is 0.381 e. The fourth-order valence-electron chi connectivity index (χ4n) is 4.59. The number of hydrogen-bond donors (Lipinski definition) is 0. The summed E-state index contributed by atoms with van der Waals surface area (Å²) < 4.78 is 17.5. The number of ether oxygens (including phenoxy) is 3.